The third-order valence-corrected chi connectivity index (χ3v) is 9.01. The van der Waals surface area contributed by atoms with Crippen molar-refractivity contribution in [3.63, 3.8) is 0 Å². The molecule has 0 bridgehead atoms. The van der Waals surface area contributed by atoms with Gasteiger partial charge in [0.2, 0.25) is 21.8 Å². The monoisotopic (exact) mass is 539 g/mol. The molecule has 2 heterocycles. The van der Waals surface area contributed by atoms with Crippen molar-refractivity contribution in [1.82, 2.24) is 13.9 Å². The Bertz CT molecular complexity index is 1570. The normalized spacial score (nSPS) is 14.9. The Kier molecular flexibility index (Phi) is 7.82. The van der Waals surface area contributed by atoms with E-state index in [-0.39, 0.29) is 37.3 Å². The van der Waals surface area contributed by atoms with Crippen molar-refractivity contribution in [3.05, 3.63) is 69.6 Å². The lowest BCUT2D eigenvalue weighted by atomic mass is 10.1. The third kappa shape index (κ3) is 5.26. The molecule has 0 atom stereocenters. The Balaban J connectivity index is 1.68. The lowest BCUT2D eigenvalue weighted by molar-refractivity contribution is 0.0426. The topological polar surface area (TPSA) is 136 Å². The molecule has 38 heavy (non-hydrogen) atoms. The number of fused-ring (bicyclic) bond motifs is 1. The quantitative estimate of drug-likeness (QED) is 0.217. The van der Waals surface area contributed by atoms with Crippen LogP contribution in [0, 0.1) is 11.3 Å². The van der Waals surface area contributed by atoms with E-state index in [2.05, 4.69) is 16.0 Å². The summed E-state index contributed by atoms with van der Waals surface area (Å²) in [4.78, 5) is 22.2. The SMILES string of the molecule is COCOC(=NCc1ccc(C#N)cc1)c1cc2ccnc(OCC3(S(=O)(=O)N(C)C)CC3)c2n(C)c1=O. The maximum absolute atomic E-state index is 13.4. The van der Waals surface area contributed by atoms with E-state index in [1.165, 1.54) is 36.3 Å². The van der Waals surface area contributed by atoms with Gasteiger partial charge in [0.15, 0.2) is 6.79 Å². The van der Waals surface area contributed by atoms with Crippen LogP contribution in [0.5, 0.6) is 5.88 Å². The number of nitrogens with zero attached hydrogens (tertiary/aromatic N) is 5. The molecule has 0 amide bonds. The Labute approximate surface area is 221 Å². The van der Waals surface area contributed by atoms with E-state index in [1.807, 2.05) is 0 Å². The van der Waals surface area contributed by atoms with Gasteiger partial charge in [0.05, 0.1) is 18.2 Å². The number of rotatable bonds is 10. The van der Waals surface area contributed by atoms with Gasteiger partial charge in [-0.2, -0.15) is 5.26 Å². The van der Waals surface area contributed by atoms with Crippen LogP contribution < -0.4 is 10.3 Å². The van der Waals surface area contributed by atoms with Crippen LogP contribution in [0.4, 0.5) is 0 Å². The number of aliphatic imine (C=N–C) groups is 1. The molecule has 0 saturated heterocycles. The zero-order valence-electron chi connectivity index (χ0n) is 21.7. The molecule has 200 valence electrons. The number of aromatic nitrogens is 2. The first-order valence-electron chi connectivity index (χ1n) is 11.8. The van der Waals surface area contributed by atoms with Crippen LogP contribution in [-0.2, 0) is 33.1 Å². The standard InChI is InChI=1S/C26H29N5O6S/c1-30(2)38(33,34)26(10-11-26)16-36-24-22-20(9-12-28-24)13-21(25(32)31(22)3)23(37-17-35-4)29-15-19-7-5-18(14-27)6-8-19/h5-9,12-13H,10-11,15-17H2,1-4H3. The average molecular weight is 540 g/mol. The lowest BCUT2D eigenvalue weighted by Crippen LogP contribution is -2.39. The maximum atomic E-state index is 13.4. The molecule has 0 radical (unpaired) electrons. The molecule has 1 saturated carbocycles. The van der Waals surface area contributed by atoms with Crippen LogP contribution in [-0.4, -0.2) is 67.5 Å². The molecule has 12 heteroatoms. The number of hydrogen-bond acceptors (Lipinski definition) is 9. The summed E-state index contributed by atoms with van der Waals surface area (Å²) in [6, 6.07) is 12.4. The zero-order valence-corrected chi connectivity index (χ0v) is 22.5. The van der Waals surface area contributed by atoms with Crippen molar-refractivity contribution in [2.24, 2.45) is 12.0 Å². The van der Waals surface area contributed by atoms with E-state index in [4.69, 9.17) is 19.5 Å². The Hall–Kier alpha value is -3.79. The highest BCUT2D eigenvalue weighted by atomic mass is 32.2. The lowest BCUT2D eigenvalue weighted by Gasteiger charge is -2.21. The van der Waals surface area contributed by atoms with Gasteiger partial charge >= 0.3 is 0 Å². The molecule has 0 spiro atoms. The van der Waals surface area contributed by atoms with E-state index < -0.39 is 20.3 Å². The number of nitriles is 1. The number of methoxy groups -OCH3 is 1. The summed E-state index contributed by atoms with van der Waals surface area (Å²) in [7, 11) is 2.54. The van der Waals surface area contributed by atoms with Gasteiger partial charge in [-0.15, -0.1) is 0 Å². The molecule has 0 aliphatic heterocycles. The summed E-state index contributed by atoms with van der Waals surface area (Å²) in [6.07, 6.45) is 2.53. The smallest absolute Gasteiger partial charge is 0.263 e. The fraction of sp³-hybridized carbons (Fsp3) is 0.385. The van der Waals surface area contributed by atoms with Gasteiger partial charge in [-0.1, -0.05) is 12.1 Å². The molecule has 3 aromatic rings. The predicted octanol–water partition coefficient (Wildman–Crippen LogP) is 2.18. The van der Waals surface area contributed by atoms with Gasteiger partial charge in [-0.05, 0) is 42.7 Å². The highest BCUT2D eigenvalue weighted by Gasteiger charge is 2.56. The molecule has 1 aliphatic rings. The van der Waals surface area contributed by atoms with Crippen molar-refractivity contribution in [2.75, 3.05) is 34.6 Å². The van der Waals surface area contributed by atoms with Crippen LogP contribution in [0.3, 0.4) is 0 Å². The molecular formula is C26H29N5O6S. The van der Waals surface area contributed by atoms with Crippen molar-refractivity contribution < 1.29 is 22.6 Å². The summed E-state index contributed by atoms with van der Waals surface area (Å²) in [5, 5.41) is 9.64. The van der Waals surface area contributed by atoms with Crippen LogP contribution in [0.25, 0.3) is 10.9 Å². The van der Waals surface area contributed by atoms with Crippen LogP contribution >= 0.6 is 0 Å². The molecule has 0 N–H and O–H groups in total. The van der Waals surface area contributed by atoms with Gasteiger partial charge in [0, 0.05) is 39.8 Å². The van der Waals surface area contributed by atoms with E-state index >= 15 is 0 Å². The van der Waals surface area contributed by atoms with Crippen molar-refractivity contribution in [1.29, 1.82) is 5.26 Å². The Morgan fingerprint density at radius 1 is 1.24 bits per heavy atom. The first-order chi connectivity index (χ1) is 18.1. The van der Waals surface area contributed by atoms with E-state index in [0.29, 0.717) is 29.3 Å². The van der Waals surface area contributed by atoms with Crippen molar-refractivity contribution in [2.45, 2.75) is 24.1 Å². The highest BCUT2D eigenvalue weighted by Crippen LogP contribution is 2.45. The van der Waals surface area contributed by atoms with Gasteiger partial charge in [0.1, 0.15) is 22.4 Å². The van der Waals surface area contributed by atoms with Gasteiger partial charge in [-0.3, -0.25) is 4.79 Å². The first-order valence-corrected chi connectivity index (χ1v) is 13.3. The summed E-state index contributed by atoms with van der Waals surface area (Å²) >= 11 is 0. The summed E-state index contributed by atoms with van der Waals surface area (Å²) in [6.45, 7) is 0.0451. The van der Waals surface area contributed by atoms with E-state index in [0.717, 1.165) is 5.56 Å². The number of sulfonamides is 1. The third-order valence-electron chi connectivity index (χ3n) is 6.43. The molecule has 4 rings (SSSR count). The minimum absolute atomic E-state index is 0.0657. The summed E-state index contributed by atoms with van der Waals surface area (Å²) in [5.41, 5.74) is 1.62. The average Bonchev–Trinajstić information content (AvgIpc) is 3.71. The number of ether oxygens (including phenoxy) is 3. The van der Waals surface area contributed by atoms with Crippen molar-refractivity contribution in [3.8, 4) is 11.9 Å². The minimum Gasteiger partial charge on any atom is -0.474 e. The highest BCUT2D eigenvalue weighted by molar-refractivity contribution is 7.90. The minimum atomic E-state index is -3.52. The molecule has 2 aromatic heterocycles. The van der Waals surface area contributed by atoms with Crippen LogP contribution in [0.2, 0.25) is 0 Å². The van der Waals surface area contributed by atoms with Crippen molar-refractivity contribution >= 4 is 26.8 Å². The molecule has 1 aliphatic carbocycles. The number of benzene rings is 1. The zero-order chi connectivity index (χ0) is 27.5. The van der Waals surface area contributed by atoms with Crippen LogP contribution in [0.1, 0.15) is 29.5 Å². The summed E-state index contributed by atoms with van der Waals surface area (Å²) in [5.74, 6) is 0.273. The Morgan fingerprint density at radius 3 is 2.55 bits per heavy atom. The second-order valence-electron chi connectivity index (χ2n) is 9.22. The molecule has 1 fully saturated rings. The summed E-state index contributed by atoms with van der Waals surface area (Å²) < 4.78 is 43.7. The maximum Gasteiger partial charge on any atom is 0.263 e. The fourth-order valence-corrected chi connectivity index (χ4v) is 5.64. The molecule has 0 unspecified atom stereocenters. The second kappa shape index (κ2) is 10.9. The van der Waals surface area contributed by atoms with Gasteiger partial charge in [0.25, 0.3) is 5.56 Å². The largest absolute Gasteiger partial charge is 0.474 e. The molecule has 1 aromatic carbocycles. The number of hydrogen-bond donors (Lipinski definition) is 0. The van der Waals surface area contributed by atoms with E-state index in [9.17, 15) is 13.2 Å². The van der Waals surface area contributed by atoms with E-state index in [1.54, 1.807) is 43.4 Å². The molecular weight excluding hydrogens is 510 g/mol. The molecule has 11 nitrogen and oxygen atoms in total. The van der Waals surface area contributed by atoms with Gasteiger partial charge in [-0.25, -0.2) is 22.7 Å². The van der Waals surface area contributed by atoms with Gasteiger partial charge < -0.3 is 18.8 Å². The number of aryl methyl sites for hydroxylation is 1. The second-order valence-corrected chi connectivity index (χ2v) is 11.8. The Morgan fingerprint density at radius 2 is 1.95 bits per heavy atom. The van der Waals surface area contributed by atoms with Crippen LogP contribution in [0.15, 0.2) is 52.4 Å². The fourth-order valence-electron chi connectivity index (χ4n) is 4.04. The predicted molar refractivity (Wildman–Crippen MR) is 141 cm³/mol. The first kappa shape index (κ1) is 27.3. The number of pyridine rings is 2.